The second-order valence-electron chi connectivity index (χ2n) is 6.50. The van der Waals surface area contributed by atoms with Gasteiger partial charge < -0.3 is 9.32 Å². The van der Waals surface area contributed by atoms with Gasteiger partial charge in [-0.25, -0.2) is 4.98 Å². The molecule has 1 fully saturated rings. The highest BCUT2D eigenvalue weighted by Gasteiger charge is 2.30. The number of amides is 1. The van der Waals surface area contributed by atoms with Gasteiger partial charge in [0.1, 0.15) is 5.76 Å². The summed E-state index contributed by atoms with van der Waals surface area (Å²) in [6.45, 7) is 6.46. The summed E-state index contributed by atoms with van der Waals surface area (Å²) in [5.41, 5.74) is 1.85. The maximum Gasteiger partial charge on any atom is 0.220 e. The molecule has 0 aliphatic carbocycles. The van der Waals surface area contributed by atoms with E-state index in [1.807, 2.05) is 36.1 Å². The van der Waals surface area contributed by atoms with E-state index in [4.69, 9.17) is 9.68 Å². The molecule has 1 saturated heterocycles. The van der Waals surface area contributed by atoms with E-state index in [9.17, 15) is 4.79 Å². The van der Waals surface area contributed by atoms with Gasteiger partial charge in [-0.1, -0.05) is 12.1 Å². The van der Waals surface area contributed by atoms with E-state index in [2.05, 4.69) is 16.0 Å². The van der Waals surface area contributed by atoms with Crippen LogP contribution in [0, 0.1) is 18.3 Å². The number of nitriles is 1. The van der Waals surface area contributed by atoms with E-state index >= 15 is 0 Å². The Morgan fingerprint density at radius 2 is 2.20 bits per heavy atom. The maximum absolute atomic E-state index is 12.1. The largest absolute Gasteiger partial charge is 0.444 e. The second kappa shape index (κ2) is 7.49. The van der Waals surface area contributed by atoms with Crippen molar-refractivity contribution in [1.82, 2.24) is 14.8 Å². The summed E-state index contributed by atoms with van der Waals surface area (Å²) in [7, 11) is 0. The van der Waals surface area contributed by atoms with Crippen molar-refractivity contribution < 1.29 is 9.21 Å². The summed E-state index contributed by atoms with van der Waals surface area (Å²) in [6.07, 6.45) is 2.62. The van der Waals surface area contributed by atoms with Crippen LogP contribution in [0.1, 0.15) is 36.1 Å². The molecule has 6 nitrogen and oxygen atoms in total. The normalized spacial score (nSPS) is 17.4. The van der Waals surface area contributed by atoms with Crippen molar-refractivity contribution >= 4 is 5.91 Å². The molecule has 1 aromatic carbocycles. The van der Waals surface area contributed by atoms with Crippen molar-refractivity contribution in [3.63, 3.8) is 0 Å². The Hall–Kier alpha value is -2.65. The quantitative estimate of drug-likeness (QED) is 0.837. The molecule has 2 aromatic rings. The molecule has 0 spiro atoms. The lowest BCUT2D eigenvalue weighted by atomic mass is 10.1. The Bertz CT molecular complexity index is 775. The summed E-state index contributed by atoms with van der Waals surface area (Å²) in [5.74, 6) is 1.38. The highest BCUT2D eigenvalue weighted by Crippen LogP contribution is 2.20. The minimum atomic E-state index is 0.0427. The van der Waals surface area contributed by atoms with Crippen LogP contribution in [-0.4, -0.2) is 39.8 Å². The van der Waals surface area contributed by atoms with Gasteiger partial charge in [0.2, 0.25) is 11.8 Å². The molecule has 0 unspecified atom stereocenters. The van der Waals surface area contributed by atoms with Crippen molar-refractivity contribution in [2.45, 2.75) is 39.4 Å². The molecule has 1 aliphatic heterocycles. The van der Waals surface area contributed by atoms with Crippen molar-refractivity contribution in [3.8, 4) is 6.07 Å². The van der Waals surface area contributed by atoms with Gasteiger partial charge in [-0.2, -0.15) is 5.26 Å². The van der Waals surface area contributed by atoms with Crippen LogP contribution in [0.4, 0.5) is 0 Å². The number of nitrogens with zero attached hydrogens (tertiary/aromatic N) is 4. The van der Waals surface area contributed by atoms with E-state index < -0.39 is 0 Å². The Morgan fingerprint density at radius 1 is 1.44 bits per heavy atom. The summed E-state index contributed by atoms with van der Waals surface area (Å²) < 4.78 is 5.52. The van der Waals surface area contributed by atoms with Crippen LogP contribution in [-0.2, 0) is 17.9 Å². The molecule has 130 valence electrons. The molecule has 1 amide bonds. The molecule has 0 saturated carbocycles. The highest BCUT2D eigenvalue weighted by molar-refractivity contribution is 5.73. The number of benzene rings is 1. The minimum absolute atomic E-state index is 0.0427. The molecule has 0 bridgehead atoms. The molecular formula is C19H22N4O2. The van der Waals surface area contributed by atoms with Crippen molar-refractivity contribution in [2.75, 3.05) is 13.1 Å². The predicted molar refractivity (Wildman–Crippen MR) is 92.3 cm³/mol. The lowest BCUT2D eigenvalue weighted by molar-refractivity contribution is -0.132. The first-order chi connectivity index (χ1) is 12.0. The average molecular weight is 338 g/mol. The summed E-state index contributed by atoms with van der Waals surface area (Å²) in [4.78, 5) is 20.5. The van der Waals surface area contributed by atoms with Gasteiger partial charge in [-0.3, -0.25) is 9.69 Å². The fraction of sp³-hybridized carbons (Fsp3) is 0.421. The van der Waals surface area contributed by atoms with Crippen LogP contribution in [0.15, 0.2) is 34.9 Å². The first kappa shape index (κ1) is 17.2. The number of hydrogen-bond donors (Lipinski definition) is 0. The van der Waals surface area contributed by atoms with Crippen LogP contribution >= 0.6 is 0 Å². The summed E-state index contributed by atoms with van der Waals surface area (Å²) >= 11 is 0. The molecule has 1 atom stereocenters. The number of carbonyl (C=O) groups excluding carboxylic acids is 1. The van der Waals surface area contributed by atoms with Gasteiger partial charge >= 0.3 is 0 Å². The number of likely N-dealkylation sites (tertiary alicyclic amines) is 1. The SMILES string of the molecule is CC(=O)N(Cc1ncc(C)o1)[C@@H]1CCN(Cc2ccc(C#N)cc2)C1. The Kier molecular flexibility index (Phi) is 5.15. The fourth-order valence-electron chi connectivity index (χ4n) is 3.27. The monoisotopic (exact) mass is 338 g/mol. The van der Waals surface area contributed by atoms with Gasteiger partial charge in [-0.15, -0.1) is 0 Å². The molecule has 2 heterocycles. The van der Waals surface area contributed by atoms with E-state index in [-0.39, 0.29) is 11.9 Å². The molecule has 0 N–H and O–H groups in total. The first-order valence-electron chi connectivity index (χ1n) is 8.45. The lowest BCUT2D eigenvalue weighted by Gasteiger charge is -2.27. The van der Waals surface area contributed by atoms with Crippen molar-refractivity contribution in [2.24, 2.45) is 0 Å². The van der Waals surface area contributed by atoms with E-state index in [1.54, 1.807) is 13.1 Å². The topological polar surface area (TPSA) is 73.4 Å². The van der Waals surface area contributed by atoms with Gasteiger partial charge in [0.05, 0.1) is 24.4 Å². The number of rotatable bonds is 5. The molecular weight excluding hydrogens is 316 g/mol. The van der Waals surface area contributed by atoms with Crippen LogP contribution in [0.5, 0.6) is 0 Å². The number of hydrogen-bond acceptors (Lipinski definition) is 5. The maximum atomic E-state index is 12.1. The van der Waals surface area contributed by atoms with Crippen molar-refractivity contribution in [1.29, 1.82) is 5.26 Å². The smallest absolute Gasteiger partial charge is 0.220 e. The third kappa shape index (κ3) is 4.25. The van der Waals surface area contributed by atoms with Gasteiger partial charge in [-0.05, 0) is 31.0 Å². The lowest BCUT2D eigenvalue weighted by Crippen LogP contribution is -2.40. The molecule has 0 radical (unpaired) electrons. The number of aryl methyl sites for hydroxylation is 1. The first-order valence-corrected chi connectivity index (χ1v) is 8.45. The average Bonchev–Trinajstić information content (AvgIpc) is 3.22. The van der Waals surface area contributed by atoms with Crippen LogP contribution in [0.2, 0.25) is 0 Å². The van der Waals surface area contributed by atoms with Gasteiger partial charge in [0.15, 0.2) is 0 Å². The zero-order valence-corrected chi connectivity index (χ0v) is 14.6. The summed E-state index contributed by atoms with van der Waals surface area (Å²) in [5, 5.41) is 8.87. The Morgan fingerprint density at radius 3 is 2.80 bits per heavy atom. The number of aromatic nitrogens is 1. The predicted octanol–water partition coefficient (Wildman–Crippen LogP) is 2.48. The standard InChI is InChI=1S/C19H22N4O2/c1-14-10-21-19(25-14)13-23(15(2)24)18-7-8-22(12-18)11-17-5-3-16(9-20)4-6-17/h3-6,10,18H,7-8,11-13H2,1-2H3/t18-/m1/s1. The van der Waals surface area contributed by atoms with E-state index in [0.717, 1.165) is 31.8 Å². The van der Waals surface area contributed by atoms with Crippen LogP contribution in [0.25, 0.3) is 0 Å². The zero-order valence-electron chi connectivity index (χ0n) is 14.6. The van der Waals surface area contributed by atoms with Crippen LogP contribution in [0.3, 0.4) is 0 Å². The number of carbonyl (C=O) groups is 1. The third-order valence-electron chi connectivity index (χ3n) is 4.56. The molecule has 1 aromatic heterocycles. The molecule has 6 heteroatoms. The molecule has 1 aliphatic rings. The van der Waals surface area contributed by atoms with E-state index in [1.165, 1.54) is 5.56 Å². The van der Waals surface area contributed by atoms with Crippen LogP contribution < -0.4 is 0 Å². The highest BCUT2D eigenvalue weighted by atomic mass is 16.4. The summed E-state index contributed by atoms with van der Waals surface area (Å²) in [6, 6.07) is 9.97. The number of oxazole rings is 1. The Balaban J connectivity index is 1.61. The Labute approximate surface area is 147 Å². The van der Waals surface area contributed by atoms with Crippen molar-refractivity contribution in [3.05, 3.63) is 53.2 Å². The van der Waals surface area contributed by atoms with E-state index in [0.29, 0.717) is 18.0 Å². The van der Waals surface area contributed by atoms with Gasteiger partial charge in [0.25, 0.3) is 0 Å². The third-order valence-corrected chi connectivity index (χ3v) is 4.56. The van der Waals surface area contributed by atoms with Gasteiger partial charge in [0, 0.05) is 32.6 Å². The zero-order chi connectivity index (χ0) is 17.8. The minimum Gasteiger partial charge on any atom is -0.444 e. The second-order valence-corrected chi connectivity index (χ2v) is 6.50. The molecule has 3 rings (SSSR count). The molecule has 25 heavy (non-hydrogen) atoms. The fourth-order valence-corrected chi connectivity index (χ4v) is 3.27.